The molecular formula is C13H9BrCl2FN. The molecule has 0 spiro atoms. The molecule has 0 fully saturated rings. The molecule has 0 aliphatic rings. The Kier molecular flexibility index (Phi) is 4.49. The van der Waals surface area contributed by atoms with Crippen LogP contribution in [0.2, 0.25) is 10.0 Å². The fourth-order valence-corrected chi connectivity index (χ4v) is 2.13. The third-order valence-corrected chi connectivity index (χ3v) is 3.63. The summed E-state index contributed by atoms with van der Waals surface area (Å²) in [6.45, 7) is 0.482. The van der Waals surface area contributed by atoms with Gasteiger partial charge < -0.3 is 5.32 Å². The minimum Gasteiger partial charge on any atom is -0.379 e. The predicted molar refractivity (Wildman–Crippen MR) is 77.9 cm³/mol. The van der Waals surface area contributed by atoms with Gasteiger partial charge in [-0.3, -0.25) is 0 Å². The van der Waals surface area contributed by atoms with E-state index < -0.39 is 0 Å². The highest BCUT2D eigenvalue weighted by Gasteiger charge is 2.03. The molecule has 2 aromatic carbocycles. The number of benzene rings is 2. The Morgan fingerprint density at radius 2 is 1.83 bits per heavy atom. The van der Waals surface area contributed by atoms with E-state index in [2.05, 4.69) is 21.2 Å². The first kappa shape index (κ1) is 13.7. The van der Waals surface area contributed by atoms with Gasteiger partial charge in [0.15, 0.2) is 0 Å². The molecule has 0 bridgehead atoms. The lowest BCUT2D eigenvalue weighted by molar-refractivity contribution is 0.629. The Balaban J connectivity index is 2.09. The highest BCUT2D eigenvalue weighted by atomic mass is 79.9. The average molecular weight is 349 g/mol. The zero-order valence-electron chi connectivity index (χ0n) is 9.18. The number of hydrogen-bond acceptors (Lipinski definition) is 1. The van der Waals surface area contributed by atoms with Gasteiger partial charge in [-0.05, 0) is 35.9 Å². The summed E-state index contributed by atoms with van der Waals surface area (Å²) in [6, 6.07) is 10.2. The average Bonchev–Trinajstić information content (AvgIpc) is 2.32. The van der Waals surface area contributed by atoms with Crippen molar-refractivity contribution in [3.05, 3.63) is 62.3 Å². The van der Waals surface area contributed by atoms with E-state index in [1.165, 1.54) is 6.07 Å². The highest BCUT2D eigenvalue weighted by Crippen LogP contribution is 2.24. The van der Waals surface area contributed by atoms with Gasteiger partial charge >= 0.3 is 0 Å². The number of hydrogen-bond donors (Lipinski definition) is 1. The second-order valence-corrected chi connectivity index (χ2v) is 5.46. The largest absolute Gasteiger partial charge is 0.379 e. The second kappa shape index (κ2) is 5.91. The van der Waals surface area contributed by atoms with E-state index in [-0.39, 0.29) is 5.82 Å². The molecule has 0 atom stereocenters. The second-order valence-electron chi connectivity index (χ2n) is 3.73. The molecule has 94 valence electrons. The smallest absolute Gasteiger partial charge is 0.147 e. The Bertz CT molecular complexity index is 575. The molecule has 0 radical (unpaired) electrons. The van der Waals surface area contributed by atoms with Crippen molar-refractivity contribution in [3.63, 3.8) is 0 Å². The van der Waals surface area contributed by atoms with E-state index in [0.29, 0.717) is 26.8 Å². The van der Waals surface area contributed by atoms with Crippen molar-refractivity contribution >= 4 is 44.8 Å². The standard InChI is InChI=1S/C13H9BrCl2FN/c14-9-2-4-13(12(17)6-9)18-7-8-1-3-10(15)11(16)5-8/h1-6,18H,7H2. The van der Waals surface area contributed by atoms with Crippen molar-refractivity contribution in [3.8, 4) is 0 Å². The summed E-state index contributed by atoms with van der Waals surface area (Å²) in [5, 5.41) is 4.01. The molecule has 0 heterocycles. The first-order valence-electron chi connectivity index (χ1n) is 5.19. The fourth-order valence-electron chi connectivity index (χ4n) is 1.48. The molecule has 0 saturated carbocycles. The van der Waals surface area contributed by atoms with Gasteiger partial charge in [-0.2, -0.15) is 0 Å². The van der Waals surface area contributed by atoms with Crippen LogP contribution in [0.25, 0.3) is 0 Å². The molecule has 1 nitrogen and oxygen atoms in total. The predicted octanol–water partition coefficient (Wildman–Crippen LogP) is 5.51. The lowest BCUT2D eigenvalue weighted by atomic mass is 10.2. The minimum absolute atomic E-state index is 0.301. The molecule has 0 aromatic heterocycles. The third-order valence-electron chi connectivity index (χ3n) is 2.40. The van der Waals surface area contributed by atoms with Crippen molar-refractivity contribution in [2.75, 3.05) is 5.32 Å². The van der Waals surface area contributed by atoms with Crippen molar-refractivity contribution in [1.82, 2.24) is 0 Å². The Hall–Kier alpha value is -0.770. The molecular weight excluding hydrogens is 340 g/mol. The van der Waals surface area contributed by atoms with Crippen LogP contribution in [0.15, 0.2) is 40.9 Å². The summed E-state index contributed by atoms with van der Waals surface area (Å²) in [6.07, 6.45) is 0. The van der Waals surface area contributed by atoms with Gasteiger partial charge in [-0.25, -0.2) is 4.39 Å². The summed E-state index contributed by atoms with van der Waals surface area (Å²) >= 11 is 14.9. The van der Waals surface area contributed by atoms with Crippen molar-refractivity contribution in [2.45, 2.75) is 6.54 Å². The maximum atomic E-state index is 13.6. The van der Waals surface area contributed by atoms with Gasteiger partial charge in [-0.15, -0.1) is 0 Å². The molecule has 0 saturated heterocycles. The lowest BCUT2D eigenvalue weighted by Crippen LogP contribution is -2.01. The number of anilines is 1. The van der Waals surface area contributed by atoms with Crippen LogP contribution in [0.3, 0.4) is 0 Å². The van der Waals surface area contributed by atoms with Crippen molar-refractivity contribution < 1.29 is 4.39 Å². The third kappa shape index (κ3) is 3.37. The van der Waals surface area contributed by atoms with Crippen LogP contribution in [-0.4, -0.2) is 0 Å². The van der Waals surface area contributed by atoms with E-state index in [4.69, 9.17) is 23.2 Å². The Morgan fingerprint density at radius 1 is 1.06 bits per heavy atom. The zero-order chi connectivity index (χ0) is 13.1. The van der Waals surface area contributed by atoms with E-state index in [1.807, 2.05) is 6.07 Å². The van der Waals surface area contributed by atoms with Crippen LogP contribution >= 0.6 is 39.1 Å². The molecule has 0 unspecified atom stereocenters. The number of nitrogens with one attached hydrogen (secondary N) is 1. The molecule has 5 heteroatoms. The van der Waals surface area contributed by atoms with Crippen LogP contribution in [0.5, 0.6) is 0 Å². The minimum atomic E-state index is -0.301. The Labute approximate surface area is 123 Å². The molecule has 2 rings (SSSR count). The first-order valence-corrected chi connectivity index (χ1v) is 6.74. The fraction of sp³-hybridized carbons (Fsp3) is 0.0769. The van der Waals surface area contributed by atoms with Crippen LogP contribution in [0.4, 0.5) is 10.1 Å². The molecule has 18 heavy (non-hydrogen) atoms. The van der Waals surface area contributed by atoms with Gasteiger partial charge in [0.25, 0.3) is 0 Å². The van der Waals surface area contributed by atoms with E-state index >= 15 is 0 Å². The molecule has 2 aromatic rings. The Morgan fingerprint density at radius 3 is 2.50 bits per heavy atom. The molecule has 0 aliphatic carbocycles. The van der Waals surface area contributed by atoms with Crippen LogP contribution < -0.4 is 5.32 Å². The van der Waals surface area contributed by atoms with Crippen LogP contribution in [0, 0.1) is 5.82 Å². The van der Waals surface area contributed by atoms with Crippen molar-refractivity contribution in [1.29, 1.82) is 0 Å². The monoisotopic (exact) mass is 347 g/mol. The van der Waals surface area contributed by atoms with Gasteiger partial charge in [0.05, 0.1) is 15.7 Å². The quantitative estimate of drug-likeness (QED) is 0.771. The number of halogens is 4. The van der Waals surface area contributed by atoms with Crippen molar-refractivity contribution in [2.24, 2.45) is 0 Å². The highest BCUT2D eigenvalue weighted by molar-refractivity contribution is 9.10. The SMILES string of the molecule is Fc1cc(Br)ccc1NCc1ccc(Cl)c(Cl)c1. The van der Waals surface area contributed by atoms with Gasteiger partial charge in [0.1, 0.15) is 5.82 Å². The zero-order valence-corrected chi connectivity index (χ0v) is 12.3. The van der Waals surface area contributed by atoms with Crippen LogP contribution in [-0.2, 0) is 6.54 Å². The maximum Gasteiger partial charge on any atom is 0.147 e. The van der Waals surface area contributed by atoms with E-state index in [0.717, 1.165) is 5.56 Å². The normalized spacial score (nSPS) is 10.4. The van der Waals surface area contributed by atoms with Gasteiger partial charge in [0.2, 0.25) is 0 Å². The summed E-state index contributed by atoms with van der Waals surface area (Å²) in [7, 11) is 0. The molecule has 0 amide bonds. The maximum absolute atomic E-state index is 13.6. The van der Waals surface area contributed by atoms with E-state index in [1.54, 1.807) is 24.3 Å². The first-order chi connectivity index (χ1) is 8.56. The summed E-state index contributed by atoms with van der Waals surface area (Å²) in [5.41, 5.74) is 1.39. The van der Waals surface area contributed by atoms with Crippen LogP contribution in [0.1, 0.15) is 5.56 Å². The molecule has 0 aliphatic heterocycles. The number of rotatable bonds is 3. The summed E-state index contributed by atoms with van der Waals surface area (Å²) in [4.78, 5) is 0. The summed E-state index contributed by atoms with van der Waals surface area (Å²) < 4.78 is 14.3. The molecule has 1 N–H and O–H groups in total. The van der Waals surface area contributed by atoms with E-state index in [9.17, 15) is 4.39 Å². The summed E-state index contributed by atoms with van der Waals surface area (Å²) in [5.74, 6) is -0.301. The van der Waals surface area contributed by atoms with Gasteiger partial charge in [0, 0.05) is 11.0 Å². The topological polar surface area (TPSA) is 12.0 Å². The van der Waals surface area contributed by atoms with Gasteiger partial charge in [-0.1, -0.05) is 45.2 Å². The lowest BCUT2D eigenvalue weighted by Gasteiger charge is -2.08.